The zero-order valence-electron chi connectivity index (χ0n) is 15.1. The Balaban J connectivity index is 1.59. The Morgan fingerprint density at radius 3 is 2.64 bits per heavy atom. The molecule has 0 spiro atoms. The molecule has 1 aromatic carbocycles. The second kappa shape index (κ2) is 8.17. The first-order valence-corrected chi connectivity index (χ1v) is 9.31. The number of rotatable bonds is 6. The summed E-state index contributed by atoms with van der Waals surface area (Å²) >= 11 is 0. The molecule has 4 nitrogen and oxygen atoms in total. The van der Waals surface area contributed by atoms with Gasteiger partial charge in [0, 0.05) is 7.11 Å². The maximum absolute atomic E-state index is 14.4. The van der Waals surface area contributed by atoms with Gasteiger partial charge in [-0.05, 0) is 69.4 Å². The number of carbonyl (C=O) groups excluding carboxylic acids is 1. The lowest BCUT2D eigenvalue weighted by Crippen LogP contribution is -2.29. The maximum Gasteiger partial charge on any atom is 0.314 e. The van der Waals surface area contributed by atoms with Crippen LogP contribution in [0, 0.1) is 17.7 Å². The van der Waals surface area contributed by atoms with E-state index in [1.54, 1.807) is 20.1 Å². The standard InChI is InChI=1S/C20H27FO4/c1-3-24-17-11-8-14-12-15(20(22)25-19(14)18(17)21)7-4-13-5-9-16(23-2)10-6-13/h8,11,13,15-16H,3-7,9-10,12H2,1-2H3. The average Bonchev–Trinajstić information content (AvgIpc) is 2.63. The summed E-state index contributed by atoms with van der Waals surface area (Å²) < 4.78 is 30.3. The lowest BCUT2D eigenvalue weighted by atomic mass is 9.81. The van der Waals surface area contributed by atoms with E-state index in [2.05, 4.69) is 0 Å². The van der Waals surface area contributed by atoms with Gasteiger partial charge in [0.05, 0.1) is 18.6 Å². The van der Waals surface area contributed by atoms with Crippen molar-refractivity contribution in [2.45, 2.75) is 58.0 Å². The van der Waals surface area contributed by atoms with Crippen molar-refractivity contribution in [3.63, 3.8) is 0 Å². The van der Waals surface area contributed by atoms with Crippen molar-refractivity contribution in [2.75, 3.05) is 13.7 Å². The number of benzene rings is 1. The van der Waals surface area contributed by atoms with Gasteiger partial charge in [-0.1, -0.05) is 6.07 Å². The van der Waals surface area contributed by atoms with Gasteiger partial charge in [-0.2, -0.15) is 4.39 Å². The highest BCUT2D eigenvalue weighted by Crippen LogP contribution is 2.38. The van der Waals surface area contributed by atoms with E-state index >= 15 is 0 Å². The molecule has 3 rings (SSSR count). The molecule has 0 bridgehead atoms. The Labute approximate surface area is 148 Å². The number of halogens is 1. The molecule has 1 fully saturated rings. The Morgan fingerprint density at radius 1 is 1.20 bits per heavy atom. The van der Waals surface area contributed by atoms with Crippen LogP contribution < -0.4 is 9.47 Å². The Hall–Kier alpha value is -1.62. The Kier molecular flexibility index (Phi) is 5.94. The van der Waals surface area contributed by atoms with Crippen molar-refractivity contribution in [1.82, 2.24) is 0 Å². The van der Waals surface area contributed by atoms with E-state index in [4.69, 9.17) is 14.2 Å². The highest BCUT2D eigenvalue weighted by molar-refractivity contribution is 5.78. The van der Waals surface area contributed by atoms with E-state index in [0.717, 1.165) is 44.1 Å². The minimum atomic E-state index is -0.566. The fourth-order valence-electron chi connectivity index (χ4n) is 3.96. The average molecular weight is 350 g/mol. The quantitative estimate of drug-likeness (QED) is 0.567. The van der Waals surface area contributed by atoms with Crippen LogP contribution in [0.3, 0.4) is 0 Å². The normalized spacial score (nSPS) is 26.0. The fraction of sp³-hybridized carbons (Fsp3) is 0.650. The van der Waals surface area contributed by atoms with Crippen LogP contribution in [-0.4, -0.2) is 25.8 Å². The van der Waals surface area contributed by atoms with Crippen molar-refractivity contribution < 1.29 is 23.4 Å². The molecule has 0 saturated heterocycles. The largest absolute Gasteiger partial charge is 0.491 e. The molecule has 0 radical (unpaired) electrons. The monoisotopic (exact) mass is 350 g/mol. The summed E-state index contributed by atoms with van der Waals surface area (Å²) in [4.78, 5) is 12.3. The topological polar surface area (TPSA) is 44.8 Å². The van der Waals surface area contributed by atoms with Crippen LogP contribution in [0.4, 0.5) is 4.39 Å². The van der Waals surface area contributed by atoms with Crippen LogP contribution in [-0.2, 0) is 16.0 Å². The maximum atomic E-state index is 14.4. The summed E-state index contributed by atoms with van der Waals surface area (Å²) in [5.41, 5.74) is 0.758. The first kappa shape index (κ1) is 18.2. The number of carbonyl (C=O) groups is 1. The van der Waals surface area contributed by atoms with Gasteiger partial charge in [-0.15, -0.1) is 0 Å². The first-order chi connectivity index (χ1) is 12.1. The number of fused-ring (bicyclic) bond motifs is 1. The molecule has 138 valence electrons. The van der Waals surface area contributed by atoms with E-state index in [9.17, 15) is 9.18 Å². The van der Waals surface area contributed by atoms with E-state index in [-0.39, 0.29) is 23.4 Å². The zero-order valence-corrected chi connectivity index (χ0v) is 15.1. The van der Waals surface area contributed by atoms with Crippen LogP contribution in [0.2, 0.25) is 0 Å². The Bertz CT molecular complexity index is 608. The number of esters is 1. The van der Waals surface area contributed by atoms with Crippen molar-refractivity contribution in [3.05, 3.63) is 23.5 Å². The molecule has 5 heteroatoms. The van der Waals surface area contributed by atoms with Gasteiger partial charge in [0.2, 0.25) is 5.82 Å². The van der Waals surface area contributed by atoms with Crippen LogP contribution in [0.5, 0.6) is 11.5 Å². The summed E-state index contributed by atoms with van der Waals surface area (Å²) in [6, 6.07) is 3.44. The van der Waals surface area contributed by atoms with Gasteiger partial charge in [-0.25, -0.2) is 0 Å². The van der Waals surface area contributed by atoms with E-state index in [1.807, 2.05) is 6.07 Å². The Morgan fingerprint density at radius 2 is 1.96 bits per heavy atom. The summed E-state index contributed by atoms with van der Waals surface area (Å²) in [7, 11) is 1.77. The summed E-state index contributed by atoms with van der Waals surface area (Å²) in [5, 5.41) is 0. The molecule has 1 aliphatic carbocycles. The fourth-order valence-corrected chi connectivity index (χ4v) is 3.96. The van der Waals surface area contributed by atoms with E-state index in [1.165, 1.54) is 0 Å². The predicted molar refractivity (Wildman–Crippen MR) is 92.4 cm³/mol. The van der Waals surface area contributed by atoms with Gasteiger partial charge in [0.1, 0.15) is 0 Å². The minimum Gasteiger partial charge on any atom is -0.491 e. The minimum absolute atomic E-state index is 0.0489. The zero-order chi connectivity index (χ0) is 17.8. The second-order valence-electron chi connectivity index (χ2n) is 7.08. The third-order valence-corrected chi connectivity index (χ3v) is 5.50. The molecule has 1 atom stereocenters. The van der Waals surface area contributed by atoms with E-state index < -0.39 is 5.82 Å². The molecule has 0 amide bonds. The highest BCUT2D eigenvalue weighted by Gasteiger charge is 2.32. The van der Waals surface area contributed by atoms with E-state index in [0.29, 0.717) is 25.0 Å². The molecular formula is C20H27FO4. The lowest BCUT2D eigenvalue weighted by Gasteiger charge is -2.29. The molecule has 2 aliphatic rings. The van der Waals surface area contributed by atoms with Crippen molar-refractivity contribution >= 4 is 5.97 Å². The number of methoxy groups -OCH3 is 1. The van der Waals surface area contributed by atoms with Crippen molar-refractivity contribution in [2.24, 2.45) is 11.8 Å². The molecule has 0 N–H and O–H groups in total. The third-order valence-electron chi connectivity index (χ3n) is 5.50. The lowest BCUT2D eigenvalue weighted by molar-refractivity contribution is -0.140. The van der Waals surface area contributed by atoms with Crippen molar-refractivity contribution in [1.29, 1.82) is 0 Å². The summed E-state index contributed by atoms with van der Waals surface area (Å²) in [5.74, 6) is -0.215. The molecule has 1 heterocycles. The van der Waals surface area contributed by atoms with Gasteiger partial charge in [0.15, 0.2) is 11.5 Å². The highest BCUT2D eigenvalue weighted by atomic mass is 19.1. The third kappa shape index (κ3) is 4.14. The SMILES string of the molecule is CCOc1ccc2c(c1F)OC(=O)C(CCC1CCC(OC)CC1)C2. The van der Waals surface area contributed by atoms with Crippen LogP contribution >= 0.6 is 0 Å². The van der Waals surface area contributed by atoms with Crippen LogP contribution in [0.25, 0.3) is 0 Å². The number of ether oxygens (including phenoxy) is 3. The second-order valence-corrected chi connectivity index (χ2v) is 7.08. The van der Waals surface area contributed by atoms with Crippen LogP contribution in [0.15, 0.2) is 12.1 Å². The molecule has 1 saturated carbocycles. The van der Waals surface area contributed by atoms with Gasteiger partial charge < -0.3 is 14.2 Å². The summed E-state index contributed by atoms with van der Waals surface area (Å²) in [6.07, 6.45) is 7.28. The smallest absolute Gasteiger partial charge is 0.314 e. The number of hydrogen-bond donors (Lipinski definition) is 0. The van der Waals surface area contributed by atoms with Crippen molar-refractivity contribution in [3.8, 4) is 11.5 Å². The van der Waals surface area contributed by atoms with Gasteiger partial charge >= 0.3 is 5.97 Å². The van der Waals surface area contributed by atoms with Gasteiger partial charge in [0.25, 0.3) is 0 Å². The predicted octanol–water partition coefficient (Wildman–Crippen LogP) is 4.29. The van der Waals surface area contributed by atoms with Gasteiger partial charge in [-0.3, -0.25) is 4.79 Å². The molecule has 1 unspecified atom stereocenters. The molecule has 0 aromatic heterocycles. The molecule has 25 heavy (non-hydrogen) atoms. The summed E-state index contributed by atoms with van der Waals surface area (Å²) in [6.45, 7) is 2.17. The molecule has 1 aliphatic heterocycles. The first-order valence-electron chi connectivity index (χ1n) is 9.31. The van der Waals surface area contributed by atoms with Crippen LogP contribution in [0.1, 0.15) is 51.0 Å². The molecular weight excluding hydrogens is 323 g/mol. The molecule has 1 aromatic rings. The number of hydrogen-bond acceptors (Lipinski definition) is 4.